The zero-order valence-corrected chi connectivity index (χ0v) is 7.19. The van der Waals surface area contributed by atoms with Gasteiger partial charge >= 0.3 is 0 Å². The van der Waals surface area contributed by atoms with E-state index in [2.05, 4.69) is 0 Å². The quantitative estimate of drug-likeness (QED) is 0.563. The highest BCUT2D eigenvalue weighted by Crippen LogP contribution is 2.30. The van der Waals surface area contributed by atoms with E-state index in [1.807, 2.05) is 0 Å². The molecule has 1 aromatic carbocycles. The molecule has 1 saturated carbocycles. The number of nitrogen functional groups attached to an aromatic ring is 1. The number of carbonyl (C=O) groups excluding carboxylic acids is 1. The summed E-state index contributed by atoms with van der Waals surface area (Å²) in [6.45, 7) is 0. The first kappa shape index (κ1) is 8.10. The molecule has 1 aromatic rings. The van der Waals surface area contributed by atoms with E-state index in [1.165, 1.54) is 0 Å². The lowest BCUT2D eigenvalue weighted by Crippen LogP contribution is -2.01. The number of rotatable bonds is 3. The van der Waals surface area contributed by atoms with Gasteiger partial charge in [0, 0.05) is 5.69 Å². The van der Waals surface area contributed by atoms with Gasteiger partial charge in [0.25, 0.3) is 0 Å². The summed E-state index contributed by atoms with van der Waals surface area (Å²) >= 11 is 0. The van der Waals surface area contributed by atoms with Crippen molar-refractivity contribution in [1.29, 1.82) is 0 Å². The van der Waals surface area contributed by atoms with Gasteiger partial charge in [-0.15, -0.1) is 0 Å². The second-order valence-electron chi connectivity index (χ2n) is 3.19. The minimum Gasteiger partial charge on any atom is -0.490 e. The van der Waals surface area contributed by atoms with Crippen LogP contribution >= 0.6 is 0 Å². The Morgan fingerprint density at radius 2 is 2.23 bits per heavy atom. The molecule has 0 radical (unpaired) electrons. The van der Waals surface area contributed by atoms with E-state index in [4.69, 9.17) is 10.5 Å². The Hall–Kier alpha value is -1.51. The monoisotopic (exact) mass is 177 g/mol. The lowest BCUT2D eigenvalue weighted by molar-refractivity contribution is 0.112. The highest BCUT2D eigenvalue weighted by molar-refractivity contribution is 5.87. The van der Waals surface area contributed by atoms with Crippen LogP contribution in [0.25, 0.3) is 0 Å². The van der Waals surface area contributed by atoms with Crippen LogP contribution in [0.15, 0.2) is 18.2 Å². The average molecular weight is 177 g/mol. The van der Waals surface area contributed by atoms with Crippen molar-refractivity contribution in [2.75, 3.05) is 5.73 Å². The molecule has 0 heterocycles. The van der Waals surface area contributed by atoms with Crippen molar-refractivity contribution in [3.63, 3.8) is 0 Å². The highest BCUT2D eigenvalue weighted by Gasteiger charge is 2.24. The summed E-state index contributed by atoms with van der Waals surface area (Å²) < 4.78 is 5.52. The van der Waals surface area contributed by atoms with E-state index >= 15 is 0 Å². The van der Waals surface area contributed by atoms with E-state index in [0.717, 1.165) is 19.1 Å². The molecule has 0 atom stereocenters. The van der Waals surface area contributed by atoms with Gasteiger partial charge in [-0.3, -0.25) is 4.79 Å². The zero-order valence-electron chi connectivity index (χ0n) is 7.19. The summed E-state index contributed by atoms with van der Waals surface area (Å²) in [5.74, 6) is 0.609. The molecular weight excluding hydrogens is 166 g/mol. The molecule has 1 aliphatic carbocycles. The van der Waals surface area contributed by atoms with Gasteiger partial charge in [0.2, 0.25) is 0 Å². The standard InChI is InChI=1S/C10H11NO2/c11-9-2-1-3-10(8(9)6-12)13-7-4-5-7/h1-3,6-7H,4-5,11H2. The molecule has 13 heavy (non-hydrogen) atoms. The molecule has 0 aromatic heterocycles. The fourth-order valence-electron chi connectivity index (χ4n) is 1.16. The fraction of sp³-hybridized carbons (Fsp3) is 0.300. The Morgan fingerprint density at radius 3 is 2.85 bits per heavy atom. The zero-order chi connectivity index (χ0) is 9.26. The van der Waals surface area contributed by atoms with Crippen LogP contribution in [0.3, 0.4) is 0 Å². The van der Waals surface area contributed by atoms with E-state index in [0.29, 0.717) is 23.1 Å². The van der Waals surface area contributed by atoms with Gasteiger partial charge in [-0.25, -0.2) is 0 Å². The molecule has 2 N–H and O–H groups in total. The van der Waals surface area contributed by atoms with Gasteiger partial charge in [-0.05, 0) is 25.0 Å². The summed E-state index contributed by atoms with van der Waals surface area (Å²) in [5, 5.41) is 0. The van der Waals surface area contributed by atoms with Crippen LogP contribution in [-0.2, 0) is 0 Å². The van der Waals surface area contributed by atoms with Crippen molar-refractivity contribution in [3.8, 4) is 5.75 Å². The molecule has 68 valence electrons. The number of ether oxygens (including phenoxy) is 1. The molecule has 0 spiro atoms. The Bertz CT molecular complexity index is 332. The van der Waals surface area contributed by atoms with Gasteiger partial charge in [0.05, 0.1) is 11.7 Å². The molecule has 0 aliphatic heterocycles. The largest absolute Gasteiger partial charge is 0.490 e. The smallest absolute Gasteiger partial charge is 0.155 e. The van der Waals surface area contributed by atoms with Crippen molar-refractivity contribution in [2.24, 2.45) is 0 Å². The topological polar surface area (TPSA) is 52.3 Å². The molecule has 2 rings (SSSR count). The Balaban J connectivity index is 2.30. The van der Waals surface area contributed by atoms with E-state index in [-0.39, 0.29) is 0 Å². The average Bonchev–Trinajstić information content (AvgIpc) is 2.89. The number of benzene rings is 1. The SMILES string of the molecule is Nc1cccc(OC2CC2)c1C=O. The summed E-state index contributed by atoms with van der Waals surface area (Å²) in [6.07, 6.45) is 3.19. The van der Waals surface area contributed by atoms with Crippen LogP contribution < -0.4 is 10.5 Å². The Morgan fingerprint density at radius 1 is 1.46 bits per heavy atom. The summed E-state index contributed by atoms with van der Waals surface area (Å²) in [6, 6.07) is 5.27. The summed E-state index contributed by atoms with van der Waals surface area (Å²) in [4.78, 5) is 10.7. The van der Waals surface area contributed by atoms with Gasteiger partial charge in [-0.1, -0.05) is 6.07 Å². The van der Waals surface area contributed by atoms with E-state index in [9.17, 15) is 4.79 Å². The second kappa shape index (κ2) is 3.09. The number of hydrogen-bond acceptors (Lipinski definition) is 3. The minimum atomic E-state index is 0.292. The summed E-state index contributed by atoms with van der Waals surface area (Å²) in [7, 11) is 0. The van der Waals surface area contributed by atoms with Crippen molar-refractivity contribution in [1.82, 2.24) is 0 Å². The Kier molecular flexibility index (Phi) is 1.93. The van der Waals surface area contributed by atoms with Crippen molar-refractivity contribution in [3.05, 3.63) is 23.8 Å². The van der Waals surface area contributed by atoms with Crippen molar-refractivity contribution in [2.45, 2.75) is 18.9 Å². The molecule has 0 bridgehead atoms. The molecular formula is C10H11NO2. The normalized spacial score (nSPS) is 15.4. The lowest BCUT2D eigenvalue weighted by atomic mass is 10.2. The van der Waals surface area contributed by atoms with Crippen LogP contribution in [0.1, 0.15) is 23.2 Å². The van der Waals surface area contributed by atoms with Crippen LogP contribution in [0.4, 0.5) is 5.69 Å². The molecule has 1 fully saturated rings. The summed E-state index contributed by atoms with van der Waals surface area (Å²) in [5.41, 5.74) is 6.56. The second-order valence-corrected chi connectivity index (χ2v) is 3.19. The van der Waals surface area contributed by atoms with Gasteiger partial charge in [0.1, 0.15) is 5.75 Å². The third-order valence-electron chi connectivity index (χ3n) is 2.04. The molecule has 0 saturated heterocycles. The van der Waals surface area contributed by atoms with Crippen molar-refractivity contribution < 1.29 is 9.53 Å². The van der Waals surface area contributed by atoms with Gasteiger partial charge in [-0.2, -0.15) is 0 Å². The third-order valence-corrected chi connectivity index (χ3v) is 2.04. The first-order chi connectivity index (χ1) is 6.31. The fourth-order valence-corrected chi connectivity index (χ4v) is 1.16. The van der Waals surface area contributed by atoms with E-state index in [1.54, 1.807) is 18.2 Å². The lowest BCUT2D eigenvalue weighted by Gasteiger charge is -2.08. The predicted molar refractivity (Wildman–Crippen MR) is 49.9 cm³/mol. The number of nitrogens with two attached hydrogens (primary N) is 1. The highest BCUT2D eigenvalue weighted by atomic mass is 16.5. The van der Waals surface area contributed by atoms with Crippen LogP contribution in [0.5, 0.6) is 5.75 Å². The van der Waals surface area contributed by atoms with Crippen LogP contribution in [0.2, 0.25) is 0 Å². The van der Waals surface area contributed by atoms with E-state index < -0.39 is 0 Å². The van der Waals surface area contributed by atoms with Gasteiger partial charge < -0.3 is 10.5 Å². The maximum Gasteiger partial charge on any atom is 0.155 e. The van der Waals surface area contributed by atoms with Gasteiger partial charge in [0.15, 0.2) is 6.29 Å². The molecule has 0 amide bonds. The van der Waals surface area contributed by atoms with Crippen LogP contribution in [-0.4, -0.2) is 12.4 Å². The third kappa shape index (κ3) is 1.64. The first-order valence-electron chi connectivity index (χ1n) is 4.31. The molecule has 0 unspecified atom stereocenters. The maximum atomic E-state index is 10.7. The number of carbonyl (C=O) groups is 1. The minimum absolute atomic E-state index is 0.292. The number of anilines is 1. The Labute approximate surface area is 76.5 Å². The number of aldehydes is 1. The first-order valence-corrected chi connectivity index (χ1v) is 4.31. The molecule has 3 heteroatoms. The maximum absolute atomic E-state index is 10.7. The molecule has 3 nitrogen and oxygen atoms in total. The number of hydrogen-bond donors (Lipinski definition) is 1. The molecule has 1 aliphatic rings. The van der Waals surface area contributed by atoms with Crippen LogP contribution in [0, 0.1) is 0 Å². The van der Waals surface area contributed by atoms with Crippen molar-refractivity contribution >= 4 is 12.0 Å². The predicted octanol–water partition coefficient (Wildman–Crippen LogP) is 1.62.